The van der Waals surface area contributed by atoms with Crippen LogP contribution in [0.25, 0.3) is 10.8 Å². The van der Waals surface area contributed by atoms with Gasteiger partial charge in [0.2, 0.25) is 5.95 Å². The number of piperidine rings is 1. The Labute approximate surface area is 175 Å². The van der Waals surface area contributed by atoms with Gasteiger partial charge < -0.3 is 10.2 Å². The molecular weight excluding hydrogens is 380 g/mol. The van der Waals surface area contributed by atoms with Crippen LogP contribution in [0.3, 0.4) is 0 Å². The molecule has 156 valence electrons. The van der Waals surface area contributed by atoms with Crippen LogP contribution < -0.4 is 15.8 Å². The van der Waals surface area contributed by atoms with E-state index >= 15 is 0 Å². The van der Waals surface area contributed by atoms with E-state index in [4.69, 9.17) is 0 Å². The average Bonchev–Trinajstić information content (AvgIpc) is 2.76. The standard InChI is InChI=1S/C22H26N6O2/c1-15(2)13-28-21(30)18-9-4-3-8-17(18)19(26-28)20(29)25-16-7-5-12-27(14-16)22-23-10-6-11-24-22/h3-4,6,8-11,15-16H,5,7,12-14H2,1-2H3,(H,25,29). The molecule has 0 aliphatic carbocycles. The maximum Gasteiger partial charge on any atom is 0.274 e. The molecule has 0 radical (unpaired) electrons. The number of carbonyl (C=O) groups excluding carboxylic acids is 1. The summed E-state index contributed by atoms with van der Waals surface area (Å²) < 4.78 is 1.41. The number of amides is 1. The summed E-state index contributed by atoms with van der Waals surface area (Å²) >= 11 is 0. The molecule has 1 aliphatic rings. The molecule has 8 heteroatoms. The van der Waals surface area contributed by atoms with Crippen molar-refractivity contribution in [1.29, 1.82) is 0 Å². The van der Waals surface area contributed by atoms with Crippen molar-refractivity contribution in [2.75, 3.05) is 18.0 Å². The van der Waals surface area contributed by atoms with Gasteiger partial charge >= 0.3 is 0 Å². The summed E-state index contributed by atoms with van der Waals surface area (Å²) in [5.74, 6) is 0.653. The number of hydrogen-bond acceptors (Lipinski definition) is 6. The molecule has 30 heavy (non-hydrogen) atoms. The van der Waals surface area contributed by atoms with Crippen molar-refractivity contribution in [3.63, 3.8) is 0 Å². The molecule has 1 aromatic carbocycles. The fourth-order valence-electron chi connectivity index (χ4n) is 3.86. The van der Waals surface area contributed by atoms with Crippen molar-refractivity contribution in [2.45, 2.75) is 39.3 Å². The third-order valence-corrected chi connectivity index (χ3v) is 5.21. The molecule has 3 aromatic rings. The van der Waals surface area contributed by atoms with Crippen molar-refractivity contribution in [1.82, 2.24) is 25.1 Å². The summed E-state index contributed by atoms with van der Waals surface area (Å²) in [6.07, 6.45) is 5.25. The molecular formula is C22H26N6O2. The number of hydrogen-bond donors (Lipinski definition) is 1. The van der Waals surface area contributed by atoms with Gasteiger partial charge in [0.25, 0.3) is 11.5 Å². The van der Waals surface area contributed by atoms with Crippen molar-refractivity contribution in [3.05, 3.63) is 58.8 Å². The summed E-state index contributed by atoms with van der Waals surface area (Å²) in [6, 6.07) is 8.91. The molecule has 0 spiro atoms. The van der Waals surface area contributed by atoms with Crippen molar-refractivity contribution in [3.8, 4) is 0 Å². The summed E-state index contributed by atoms with van der Waals surface area (Å²) in [7, 11) is 0. The lowest BCUT2D eigenvalue weighted by Gasteiger charge is -2.33. The highest BCUT2D eigenvalue weighted by atomic mass is 16.2. The summed E-state index contributed by atoms with van der Waals surface area (Å²) in [4.78, 5) is 36.7. The van der Waals surface area contributed by atoms with Gasteiger partial charge in [-0.25, -0.2) is 14.6 Å². The van der Waals surface area contributed by atoms with Crippen LogP contribution in [-0.2, 0) is 6.54 Å². The molecule has 3 heterocycles. The fraction of sp³-hybridized carbons (Fsp3) is 0.409. The van der Waals surface area contributed by atoms with E-state index in [0.29, 0.717) is 35.5 Å². The molecule has 1 saturated heterocycles. The van der Waals surface area contributed by atoms with Crippen LogP contribution in [0.15, 0.2) is 47.5 Å². The summed E-state index contributed by atoms with van der Waals surface area (Å²) in [5.41, 5.74) is 0.125. The number of fused-ring (bicyclic) bond motifs is 1. The number of rotatable bonds is 5. The molecule has 1 amide bonds. The second kappa shape index (κ2) is 8.61. The predicted molar refractivity (Wildman–Crippen MR) is 116 cm³/mol. The van der Waals surface area contributed by atoms with Gasteiger partial charge in [-0.1, -0.05) is 32.0 Å². The zero-order valence-electron chi connectivity index (χ0n) is 17.3. The van der Waals surface area contributed by atoms with Crippen LogP contribution in [0.5, 0.6) is 0 Å². The Kier molecular flexibility index (Phi) is 5.74. The minimum Gasteiger partial charge on any atom is -0.346 e. The Hall–Kier alpha value is -3.29. The predicted octanol–water partition coefficient (Wildman–Crippen LogP) is 2.24. The molecule has 1 unspecified atom stereocenters. The third kappa shape index (κ3) is 4.17. The lowest BCUT2D eigenvalue weighted by molar-refractivity contribution is 0.0927. The van der Waals surface area contributed by atoms with Crippen LogP contribution in [0.1, 0.15) is 37.2 Å². The van der Waals surface area contributed by atoms with E-state index in [1.165, 1.54) is 4.68 Å². The van der Waals surface area contributed by atoms with Crippen LogP contribution >= 0.6 is 0 Å². The Morgan fingerprint density at radius 2 is 1.90 bits per heavy atom. The maximum absolute atomic E-state index is 13.2. The summed E-state index contributed by atoms with van der Waals surface area (Å²) in [5, 5.41) is 8.65. The number of benzene rings is 1. The van der Waals surface area contributed by atoms with Crippen molar-refractivity contribution < 1.29 is 4.79 Å². The van der Waals surface area contributed by atoms with Crippen LogP contribution in [0.2, 0.25) is 0 Å². The number of aromatic nitrogens is 4. The van der Waals surface area contributed by atoms with Crippen LogP contribution in [0, 0.1) is 5.92 Å². The quantitative estimate of drug-likeness (QED) is 0.699. The molecule has 0 bridgehead atoms. The SMILES string of the molecule is CC(C)Cn1nc(C(=O)NC2CCCN(c3ncccn3)C2)c2ccccc2c1=O. The molecule has 1 aliphatic heterocycles. The molecule has 2 aromatic heterocycles. The number of anilines is 1. The van der Waals surface area contributed by atoms with E-state index in [1.807, 2.05) is 26.0 Å². The zero-order valence-corrected chi connectivity index (χ0v) is 17.3. The van der Waals surface area contributed by atoms with E-state index in [1.54, 1.807) is 30.6 Å². The molecule has 1 atom stereocenters. The van der Waals surface area contributed by atoms with Gasteiger partial charge in [-0.15, -0.1) is 0 Å². The number of carbonyl (C=O) groups is 1. The van der Waals surface area contributed by atoms with Gasteiger partial charge in [-0.3, -0.25) is 9.59 Å². The van der Waals surface area contributed by atoms with Crippen molar-refractivity contribution in [2.24, 2.45) is 5.92 Å². The van der Waals surface area contributed by atoms with E-state index < -0.39 is 0 Å². The highest BCUT2D eigenvalue weighted by molar-refractivity contribution is 6.04. The number of nitrogens with zero attached hydrogens (tertiary/aromatic N) is 5. The van der Waals surface area contributed by atoms with E-state index in [2.05, 4.69) is 25.3 Å². The number of nitrogens with one attached hydrogen (secondary N) is 1. The lowest BCUT2D eigenvalue weighted by Crippen LogP contribution is -2.48. The fourth-order valence-corrected chi connectivity index (χ4v) is 3.86. The maximum atomic E-state index is 13.2. The summed E-state index contributed by atoms with van der Waals surface area (Å²) in [6.45, 7) is 6.00. The Morgan fingerprint density at radius 3 is 2.63 bits per heavy atom. The molecule has 0 saturated carbocycles. The molecule has 8 nitrogen and oxygen atoms in total. The first-order valence-corrected chi connectivity index (χ1v) is 10.4. The van der Waals surface area contributed by atoms with Crippen molar-refractivity contribution >= 4 is 22.6 Å². The average molecular weight is 406 g/mol. The van der Waals surface area contributed by atoms with E-state index in [-0.39, 0.29) is 23.4 Å². The molecule has 1 N–H and O–H groups in total. The van der Waals surface area contributed by atoms with Gasteiger partial charge in [0, 0.05) is 43.5 Å². The van der Waals surface area contributed by atoms with E-state index in [0.717, 1.165) is 19.4 Å². The second-order valence-corrected chi connectivity index (χ2v) is 8.08. The lowest BCUT2D eigenvalue weighted by atomic mass is 10.1. The van der Waals surface area contributed by atoms with Crippen LogP contribution in [0.4, 0.5) is 5.95 Å². The zero-order chi connectivity index (χ0) is 21.1. The topological polar surface area (TPSA) is 93.0 Å². The smallest absolute Gasteiger partial charge is 0.274 e. The van der Waals surface area contributed by atoms with Gasteiger partial charge in [0.15, 0.2) is 5.69 Å². The first-order chi connectivity index (χ1) is 14.5. The van der Waals surface area contributed by atoms with Gasteiger partial charge in [-0.2, -0.15) is 5.10 Å². The second-order valence-electron chi connectivity index (χ2n) is 8.08. The molecule has 1 fully saturated rings. The molecule has 4 rings (SSSR count). The highest BCUT2D eigenvalue weighted by Crippen LogP contribution is 2.17. The Bertz CT molecular complexity index is 1100. The van der Waals surface area contributed by atoms with Gasteiger partial charge in [0.05, 0.1) is 5.39 Å². The first-order valence-electron chi connectivity index (χ1n) is 10.4. The van der Waals surface area contributed by atoms with Gasteiger partial charge in [0.1, 0.15) is 0 Å². The minimum atomic E-state index is -0.260. The Balaban J connectivity index is 1.60. The largest absolute Gasteiger partial charge is 0.346 e. The minimum absolute atomic E-state index is 0.0407. The Morgan fingerprint density at radius 1 is 1.17 bits per heavy atom. The van der Waals surface area contributed by atoms with Crippen LogP contribution in [-0.4, -0.2) is 44.8 Å². The highest BCUT2D eigenvalue weighted by Gasteiger charge is 2.25. The van der Waals surface area contributed by atoms with E-state index in [9.17, 15) is 9.59 Å². The van der Waals surface area contributed by atoms with Gasteiger partial charge in [-0.05, 0) is 30.9 Å². The third-order valence-electron chi connectivity index (χ3n) is 5.21. The monoisotopic (exact) mass is 406 g/mol. The normalized spacial score (nSPS) is 16.8. The first kappa shape index (κ1) is 20.0.